The number of ether oxygens (including phenoxy) is 1. The monoisotopic (exact) mass is 365 g/mol. The molecule has 1 aromatic carbocycles. The van der Waals surface area contributed by atoms with Gasteiger partial charge in [-0.1, -0.05) is 32.3 Å². The molecular weight excluding hydrogens is 338 g/mol. The second kappa shape index (κ2) is 8.71. The number of benzene rings is 1. The molecule has 27 heavy (non-hydrogen) atoms. The van der Waals surface area contributed by atoms with E-state index in [1.54, 1.807) is 0 Å². The van der Waals surface area contributed by atoms with Gasteiger partial charge < -0.3 is 10.1 Å². The van der Waals surface area contributed by atoms with E-state index in [-0.39, 0.29) is 5.91 Å². The van der Waals surface area contributed by atoms with E-state index in [2.05, 4.69) is 17.2 Å². The van der Waals surface area contributed by atoms with E-state index in [4.69, 9.17) is 4.74 Å². The maximum Gasteiger partial charge on any atom is 0.274 e. The number of aromatic nitrogens is 2. The van der Waals surface area contributed by atoms with Gasteiger partial charge in [-0.05, 0) is 56.2 Å². The number of imidazole rings is 1. The molecule has 0 unspecified atom stereocenters. The van der Waals surface area contributed by atoms with Gasteiger partial charge in [0.05, 0.1) is 12.3 Å². The molecule has 0 aliphatic heterocycles. The highest BCUT2D eigenvalue weighted by molar-refractivity contribution is 6.04. The van der Waals surface area contributed by atoms with Crippen molar-refractivity contribution in [2.45, 2.75) is 46.5 Å². The summed E-state index contributed by atoms with van der Waals surface area (Å²) in [6.45, 7) is 6.78. The minimum Gasteiger partial charge on any atom is -0.494 e. The van der Waals surface area contributed by atoms with Gasteiger partial charge in [0.15, 0.2) is 0 Å². The molecule has 5 nitrogen and oxygen atoms in total. The van der Waals surface area contributed by atoms with Crippen molar-refractivity contribution in [2.24, 2.45) is 0 Å². The van der Waals surface area contributed by atoms with E-state index in [0.29, 0.717) is 11.4 Å². The second-order valence-electron chi connectivity index (χ2n) is 6.87. The van der Waals surface area contributed by atoms with E-state index in [1.165, 1.54) is 19.3 Å². The number of aryl methyl sites for hydroxylation is 2. The van der Waals surface area contributed by atoms with Crippen LogP contribution in [0.15, 0.2) is 42.6 Å². The Labute approximate surface area is 160 Å². The number of amides is 1. The largest absolute Gasteiger partial charge is 0.494 e. The molecule has 0 saturated heterocycles. The van der Waals surface area contributed by atoms with E-state index < -0.39 is 0 Å². The molecule has 1 amide bonds. The van der Waals surface area contributed by atoms with Crippen molar-refractivity contribution in [3.8, 4) is 5.75 Å². The Morgan fingerprint density at radius 2 is 1.85 bits per heavy atom. The zero-order valence-electron chi connectivity index (χ0n) is 16.3. The van der Waals surface area contributed by atoms with Crippen molar-refractivity contribution >= 4 is 17.2 Å². The van der Waals surface area contributed by atoms with Crippen LogP contribution in [-0.2, 0) is 0 Å². The van der Waals surface area contributed by atoms with Crippen LogP contribution < -0.4 is 10.1 Å². The predicted molar refractivity (Wildman–Crippen MR) is 109 cm³/mol. The van der Waals surface area contributed by atoms with Crippen LogP contribution in [0.2, 0.25) is 0 Å². The average Bonchev–Trinajstić information content (AvgIpc) is 2.98. The van der Waals surface area contributed by atoms with Crippen LogP contribution in [0.3, 0.4) is 0 Å². The zero-order valence-corrected chi connectivity index (χ0v) is 16.3. The lowest BCUT2D eigenvalue weighted by molar-refractivity contribution is 0.102. The van der Waals surface area contributed by atoms with Crippen molar-refractivity contribution in [2.75, 3.05) is 11.9 Å². The number of hydrogen-bond acceptors (Lipinski definition) is 3. The summed E-state index contributed by atoms with van der Waals surface area (Å²) in [4.78, 5) is 17.2. The minimum absolute atomic E-state index is 0.168. The molecule has 0 radical (unpaired) electrons. The van der Waals surface area contributed by atoms with Crippen molar-refractivity contribution in [1.82, 2.24) is 9.38 Å². The summed E-state index contributed by atoms with van der Waals surface area (Å²) in [6, 6.07) is 11.4. The van der Waals surface area contributed by atoms with Gasteiger partial charge in [-0.3, -0.25) is 9.20 Å². The standard InChI is InChI=1S/C22H27N3O2/c1-4-5-6-7-14-27-19-11-9-18(10-12-19)24-22(26)21-17(3)23-20-13-8-16(2)15-25(20)21/h8-13,15H,4-7,14H2,1-3H3,(H,24,26). The SMILES string of the molecule is CCCCCCOc1ccc(NC(=O)c2c(C)nc3ccc(C)cn23)cc1. The molecule has 0 fully saturated rings. The molecule has 3 rings (SSSR count). The number of fused-ring (bicyclic) bond motifs is 1. The van der Waals surface area contributed by atoms with Gasteiger partial charge >= 0.3 is 0 Å². The van der Waals surface area contributed by atoms with Crippen LogP contribution in [0.25, 0.3) is 5.65 Å². The van der Waals surface area contributed by atoms with E-state index >= 15 is 0 Å². The molecule has 0 atom stereocenters. The van der Waals surface area contributed by atoms with Gasteiger partial charge in [0, 0.05) is 11.9 Å². The quantitative estimate of drug-likeness (QED) is 0.561. The molecule has 0 spiro atoms. The van der Waals surface area contributed by atoms with Gasteiger partial charge in [-0.15, -0.1) is 0 Å². The molecular formula is C22H27N3O2. The van der Waals surface area contributed by atoms with Gasteiger partial charge in [-0.2, -0.15) is 0 Å². The van der Waals surface area contributed by atoms with Crippen LogP contribution in [0, 0.1) is 13.8 Å². The normalized spacial score (nSPS) is 10.9. The molecule has 5 heteroatoms. The number of carbonyl (C=O) groups is 1. The third-order valence-corrected chi connectivity index (χ3v) is 4.53. The fourth-order valence-electron chi connectivity index (χ4n) is 3.09. The summed E-state index contributed by atoms with van der Waals surface area (Å²) in [5.41, 5.74) is 3.86. The minimum atomic E-state index is -0.168. The third-order valence-electron chi connectivity index (χ3n) is 4.53. The van der Waals surface area contributed by atoms with Crippen molar-refractivity contribution in [1.29, 1.82) is 0 Å². The van der Waals surface area contributed by atoms with E-state index in [0.717, 1.165) is 35.7 Å². The van der Waals surface area contributed by atoms with Crippen molar-refractivity contribution in [3.63, 3.8) is 0 Å². The van der Waals surface area contributed by atoms with Crippen LogP contribution in [0.5, 0.6) is 5.75 Å². The number of nitrogens with zero attached hydrogens (tertiary/aromatic N) is 2. The summed E-state index contributed by atoms with van der Waals surface area (Å²) >= 11 is 0. The lowest BCUT2D eigenvalue weighted by Gasteiger charge is -2.09. The summed E-state index contributed by atoms with van der Waals surface area (Å²) in [7, 11) is 0. The maximum absolute atomic E-state index is 12.8. The molecule has 1 N–H and O–H groups in total. The fraction of sp³-hybridized carbons (Fsp3) is 0.364. The smallest absolute Gasteiger partial charge is 0.274 e. The number of hydrogen-bond donors (Lipinski definition) is 1. The molecule has 0 aliphatic carbocycles. The van der Waals surface area contributed by atoms with E-state index in [9.17, 15) is 4.79 Å². The number of carbonyl (C=O) groups excluding carboxylic acids is 1. The predicted octanol–water partition coefficient (Wildman–Crippen LogP) is 5.16. The maximum atomic E-state index is 12.8. The highest BCUT2D eigenvalue weighted by atomic mass is 16.5. The number of pyridine rings is 1. The number of anilines is 1. The summed E-state index contributed by atoms with van der Waals surface area (Å²) in [6.07, 6.45) is 6.66. The molecule has 0 bridgehead atoms. The molecule has 2 aromatic heterocycles. The summed E-state index contributed by atoms with van der Waals surface area (Å²) in [5, 5.41) is 2.95. The lowest BCUT2D eigenvalue weighted by Crippen LogP contribution is -2.15. The van der Waals surface area contributed by atoms with Gasteiger partial charge in [0.25, 0.3) is 5.91 Å². The first-order valence-corrected chi connectivity index (χ1v) is 9.58. The van der Waals surface area contributed by atoms with Crippen molar-refractivity contribution in [3.05, 3.63) is 59.5 Å². The Kier molecular flexibility index (Phi) is 6.12. The Morgan fingerprint density at radius 1 is 1.07 bits per heavy atom. The fourth-order valence-corrected chi connectivity index (χ4v) is 3.09. The first-order chi connectivity index (χ1) is 13.1. The Morgan fingerprint density at radius 3 is 2.59 bits per heavy atom. The van der Waals surface area contributed by atoms with Crippen LogP contribution in [0.4, 0.5) is 5.69 Å². The Bertz CT molecular complexity index is 913. The molecule has 142 valence electrons. The molecule has 3 aromatic rings. The molecule has 2 heterocycles. The average molecular weight is 365 g/mol. The lowest BCUT2D eigenvalue weighted by atomic mass is 10.2. The first-order valence-electron chi connectivity index (χ1n) is 9.58. The molecule has 0 aliphatic rings. The number of unbranched alkanes of at least 4 members (excludes halogenated alkanes) is 3. The highest BCUT2D eigenvalue weighted by Gasteiger charge is 2.16. The summed E-state index contributed by atoms with van der Waals surface area (Å²) < 4.78 is 7.59. The topological polar surface area (TPSA) is 55.6 Å². The number of nitrogens with one attached hydrogen (secondary N) is 1. The summed E-state index contributed by atoms with van der Waals surface area (Å²) in [5.74, 6) is 0.657. The highest BCUT2D eigenvalue weighted by Crippen LogP contribution is 2.19. The van der Waals surface area contributed by atoms with E-state index in [1.807, 2.05) is 60.8 Å². The van der Waals surface area contributed by atoms with Gasteiger partial charge in [-0.25, -0.2) is 4.98 Å². The molecule has 0 saturated carbocycles. The Balaban J connectivity index is 1.65. The second-order valence-corrected chi connectivity index (χ2v) is 6.87. The third kappa shape index (κ3) is 4.67. The first kappa shape index (κ1) is 19.0. The van der Waals surface area contributed by atoms with Crippen LogP contribution >= 0.6 is 0 Å². The van der Waals surface area contributed by atoms with Gasteiger partial charge in [0.1, 0.15) is 17.1 Å². The Hall–Kier alpha value is -2.82. The number of rotatable bonds is 8. The van der Waals surface area contributed by atoms with Crippen molar-refractivity contribution < 1.29 is 9.53 Å². The van der Waals surface area contributed by atoms with Gasteiger partial charge in [0.2, 0.25) is 0 Å². The van der Waals surface area contributed by atoms with Crippen LogP contribution in [-0.4, -0.2) is 21.9 Å². The zero-order chi connectivity index (χ0) is 19.2. The van der Waals surface area contributed by atoms with Crippen LogP contribution in [0.1, 0.15) is 54.4 Å².